The van der Waals surface area contributed by atoms with Crippen molar-refractivity contribution in [1.29, 1.82) is 0 Å². The fourth-order valence-corrected chi connectivity index (χ4v) is 5.65. The van der Waals surface area contributed by atoms with E-state index in [9.17, 15) is 8.42 Å². The largest absolute Gasteiger partial charge is 0.318 e. The van der Waals surface area contributed by atoms with Crippen molar-refractivity contribution in [3.05, 3.63) is 27.2 Å². The summed E-state index contributed by atoms with van der Waals surface area (Å²) in [6.45, 7) is 1.08. The van der Waals surface area contributed by atoms with Gasteiger partial charge in [-0.05, 0) is 32.0 Å². The van der Waals surface area contributed by atoms with Crippen LogP contribution in [-0.2, 0) is 10.0 Å². The van der Waals surface area contributed by atoms with Gasteiger partial charge in [0.2, 0.25) is 10.0 Å². The first-order chi connectivity index (χ1) is 9.37. The molecule has 0 bridgehead atoms. The summed E-state index contributed by atoms with van der Waals surface area (Å²) in [6.07, 6.45) is 1.65. The van der Waals surface area contributed by atoms with Crippen molar-refractivity contribution in [2.75, 3.05) is 20.1 Å². The number of nitrogens with zero attached hydrogens (tertiary/aromatic N) is 1. The summed E-state index contributed by atoms with van der Waals surface area (Å²) in [5, 5.41) is 3.43. The zero-order chi connectivity index (χ0) is 14.9. The number of benzene rings is 1. The molecule has 1 unspecified atom stereocenters. The van der Waals surface area contributed by atoms with Gasteiger partial charge < -0.3 is 5.32 Å². The zero-order valence-electron chi connectivity index (χ0n) is 10.9. The number of hydrogen-bond donors (Lipinski definition) is 1. The highest BCUT2D eigenvalue weighted by Crippen LogP contribution is 2.36. The van der Waals surface area contributed by atoms with Crippen LogP contribution < -0.4 is 5.32 Å². The molecule has 0 saturated carbocycles. The van der Waals surface area contributed by atoms with E-state index in [0.717, 1.165) is 12.8 Å². The molecule has 2 rings (SSSR count). The third-order valence-corrected chi connectivity index (χ3v) is 6.39. The second-order valence-electron chi connectivity index (χ2n) is 4.67. The van der Waals surface area contributed by atoms with Crippen LogP contribution in [-0.4, -0.2) is 38.9 Å². The molecule has 0 aliphatic carbocycles. The van der Waals surface area contributed by atoms with Crippen LogP contribution in [0.3, 0.4) is 0 Å². The van der Waals surface area contributed by atoms with Crippen molar-refractivity contribution in [1.82, 2.24) is 9.62 Å². The second kappa shape index (κ2) is 6.38. The first kappa shape index (κ1) is 16.3. The summed E-state index contributed by atoms with van der Waals surface area (Å²) in [5.41, 5.74) is 0. The molecule has 1 saturated heterocycles. The van der Waals surface area contributed by atoms with Crippen LogP contribution in [0.15, 0.2) is 17.0 Å². The third-order valence-electron chi connectivity index (χ3n) is 3.29. The third kappa shape index (κ3) is 3.08. The summed E-state index contributed by atoms with van der Waals surface area (Å²) in [5.74, 6) is 0. The topological polar surface area (TPSA) is 49.4 Å². The summed E-state index contributed by atoms with van der Waals surface area (Å²) < 4.78 is 27.0. The molecular formula is C12H15Cl3N2O2S. The molecule has 20 heavy (non-hydrogen) atoms. The van der Waals surface area contributed by atoms with Gasteiger partial charge in [-0.15, -0.1) is 0 Å². The number of nitrogens with one attached hydrogen (secondary N) is 1. The van der Waals surface area contributed by atoms with E-state index in [1.54, 1.807) is 7.05 Å². The minimum absolute atomic E-state index is 0.0533. The molecule has 1 aromatic rings. The molecule has 1 aromatic carbocycles. The van der Waals surface area contributed by atoms with Crippen LogP contribution >= 0.6 is 34.8 Å². The van der Waals surface area contributed by atoms with Crippen LogP contribution in [0.2, 0.25) is 15.1 Å². The summed E-state index contributed by atoms with van der Waals surface area (Å²) in [4.78, 5) is -0.0618. The highest BCUT2D eigenvalue weighted by molar-refractivity contribution is 7.89. The number of rotatable bonds is 4. The maximum Gasteiger partial charge on any atom is 0.246 e. The predicted octanol–water partition coefficient (Wildman–Crippen LogP) is 3.02. The van der Waals surface area contributed by atoms with Crippen LogP contribution in [0.5, 0.6) is 0 Å². The van der Waals surface area contributed by atoms with Gasteiger partial charge in [0.15, 0.2) is 0 Å². The van der Waals surface area contributed by atoms with Crippen molar-refractivity contribution < 1.29 is 8.42 Å². The van der Waals surface area contributed by atoms with E-state index in [4.69, 9.17) is 34.8 Å². The van der Waals surface area contributed by atoms with Crippen molar-refractivity contribution in [2.45, 2.75) is 23.8 Å². The van der Waals surface area contributed by atoms with E-state index in [2.05, 4.69) is 5.32 Å². The molecule has 4 nitrogen and oxygen atoms in total. The Hall–Kier alpha value is -0.0400. The molecule has 1 N–H and O–H groups in total. The van der Waals surface area contributed by atoms with Crippen LogP contribution in [0.4, 0.5) is 0 Å². The zero-order valence-corrected chi connectivity index (χ0v) is 14.0. The molecule has 112 valence electrons. The number of likely N-dealkylation sites (N-methyl/N-ethyl adjacent to an activating group) is 1. The van der Waals surface area contributed by atoms with Gasteiger partial charge in [-0.1, -0.05) is 34.8 Å². The molecule has 1 fully saturated rings. The van der Waals surface area contributed by atoms with Gasteiger partial charge in [0.1, 0.15) is 4.90 Å². The Kier molecular flexibility index (Phi) is 5.21. The van der Waals surface area contributed by atoms with E-state index in [1.165, 1.54) is 16.4 Å². The molecule has 0 aromatic heterocycles. The highest BCUT2D eigenvalue weighted by atomic mass is 35.5. The van der Waals surface area contributed by atoms with Gasteiger partial charge in [-0.2, -0.15) is 4.31 Å². The minimum Gasteiger partial charge on any atom is -0.318 e. The number of halogens is 3. The lowest BCUT2D eigenvalue weighted by atomic mass is 10.2. The van der Waals surface area contributed by atoms with Gasteiger partial charge in [0.05, 0.1) is 10.0 Å². The van der Waals surface area contributed by atoms with Gasteiger partial charge in [0.25, 0.3) is 0 Å². The fraction of sp³-hybridized carbons (Fsp3) is 0.500. The molecule has 0 amide bonds. The number of sulfonamides is 1. The molecular weight excluding hydrogens is 343 g/mol. The van der Waals surface area contributed by atoms with Crippen molar-refractivity contribution in [2.24, 2.45) is 0 Å². The molecule has 1 aliphatic heterocycles. The predicted molar refractivity (Wildman–Crippen MR) is 82.3 cm³/mol. The molecule has 0 radical (unpaired) electrons. The van der Waals surface area contributed by atoms with Gasteiger partial charge >= 0.3 is 0 Å². The van der Waals surface area contributed by atoms with Crippen molar-refractivity contribution in [3.63, 3.8) is 0 Å². The van der Waals surface area contributed by atoms with E-state index in [0.29, 0.717) is 18.1 Å². The maximum atomic E-state index is 12.8. The molecule has 8 heteroatoms. The molecule has 1 heterocycles. The molecule has 1 atom stereocenters. The standard InChI is InChI=1S/C12H15Cl3N2O2S/c1-16-7-9-3-2-4-17(9)20(18,19)12-10(14)5-8(13)6-11(12)15/h5-6,9,16H,2-4,7H2,1H3. The van der Waals surface area contributed by atoms with E-state index < -0.39 is 10.0 Å². The van der Waals surface area contributed by atoms with E-state index >= 15 is 0 Å². The Morgan fingerprint density at radius 2 is 1.90 bits per heavy atom. The number of hydrogen-bond acceptors (Lipinski definition) is 3. The average Bonchev–Trinajstić information content (AvgIpc) is 2.76. The second-order valence-corrected chi connectivity index (χ2v) is 7.75. The maximum absolute atomic E-state index is 12.8. The smallest absolute Gasteiger partial charge is 0.246 e. The van der Waals surface area contributed by atoms with E-state index in [-0.39, 0.29) is 21.0 Å². The lowest BCUT2D eigenvalue weighted by Gasteiger charge is -2.24. The Bertz CT molecular complexity index is 584. The lowest BCUT2D eigenvalue weighted by Crippen LogP contribution is -2.40. The summed E-state index contributed by atoms with van der Waals surface area (Å²) in [7, 11) is -1.92. The highest BCUT2D eigenvalue weighted by Gasteiger charge is 2.37. The first-order valence-corrected chi connectivity index (χ1v) is 8.76. The van der Waals surface area contributed by atoms with Crippen LogP contribution in [0.25, 0.3) is 0 Å². The summed E-state index contributed by atoms with van der Waals surface area (Å²) >= 11 is 17.9. The van der Waals surface area contributed by atoms with Crippen molar-refractivity contribution >= 4 is 44.8 Å². The quantitative estimate of drug-likeness (QED) is 0.901. The van der Waals surface area contributed by atoms with Crippen LogP contribution in [0, 0.1) is 0 Å². The Labute approximate surface area is 134 Å². The lowest BCUT2D eigenvalue weighted by molar-refractivity contribution is 0.379. The van der Waals surface area contributed by atoms with Crippen LogP contribution in [0.1, 0.15) is 12.8 Å². The van der Waals surface area contributed by atoms with Gasteiger partial charge in [-0.25, -0.2) is 8.42 Å². The average molecular weight is 358 g/mol. The van der Waals surface area contributed by atoms with Gasteiger partial charge in [0, 0.05) is 24.2 Å². The van der Waals surface area contributed by atoms with E-state index in [1.807, 2.05) is 0 Å². The monoisotopic (exact) mass is 356 g/mol. The van der Waals surface area contributed by atoms with Gasteiger partial charge in [-0.3, -0.25) is 0 Å². The Morgan fingerprint density at radius 1 is 1.30 bits per heavy atom. The Balaban J connectivity index is 2.45. The normalized spacial score (nSPS) is 20.5. The fourth-order valence-electron chi connectivity index (χ4n) is 2.46. The molecule has 0 spiro atoms. The first-order valence-electron chi connectivity index (χ1n) is 6.19. The molecule has 1 aliphatic rings. The summed E-state index contributed by atoms with van der Waals surface area (Å²) in [6, 6.07) is 2.71. The Morgan fingerprint density at radius 3 is 2.45 bits per heavy atom. The SMILES string of the molecule is CNCC1CCCN1S(=O)(=O)c1c(Cl)cc(Cl)cc1Cl. The van der Waals surface area contributed by atoms with Crippen molar-refractivity contribution in [3.8, 4) is 0 Å². The minimum atomic E-state index is -3.72.